The lowest BCUT2D eigenvalue weighted by molar-refractivity contribution is 0.240. The summed E-state index contributed by atoms with van der Waals surface area (Å²) < 4.78 is 11.6. The van der Waals surface area contributed by atoms with Gasteiger partial charge in [-0.05, 0) is 38.0 Å². The molecule has 0 spiro atoms. The van der Waals surface area contributed by atoms with E-state index in [4.69, 9.17) is 9.47 Å². The minimum absolute atomic E-state index is 0.170. The van der Waals surface area contributed by atoms with Crippen LogP contribution in [0.5, 0.6) is 11.5 Å². The van der Waals surface area contributed by atoms with E-state index in [1.807, 2.05) is 56.3 Å². The van der Waals surface area contributed by atoms with E-state index in [-0.39, 0.29) is 6.10 Å². The summed E-state index contributed by atoms with van der Waals surface area (Å²) in [5.41, 5.74) is 2.19. The molecule has 0 unspecified atom stereocenters. The minimum atomic E-state index is 0.170. The minimum Gasteiger partial charge on any atom is -0.493 e. The zero-order valence-corrected chi connectivity index (χ0v) is 14.5. The Morgan fingerprint density at radius 2 is 1.74 bits per heavy atom. The van der Waals surface area contributed by atoms with Gasteiger partial charge in [0.25, 0.3) is 0 Å². The van der Waals surface area contributed by atoms with Gasteiger partial charge in [-0.25, -0.2) is 0 Å². The predicted molar refractivity (Wildman–Crippen MR) is 96.3 cm³/mol. The van der Waals surface area contributed by atoms with Crippen LogP contribution in [0.3, 0.4) is 0 Å². The van der Waals surface area contributed by atoms with Gasteiger partial charge in [-0.15, -0.1) is 0 Å². The lowest BCUT2D eigenvalue weighted by Crippen LogP contribution is -2.09. The van der Waals surface area contributed by atoms with Gasteiger partial charge in [0.15, 0.2) is 0 Å². The Kier molecular flexibility index (Phi) is 6.33. The molecule has 0 saturated carbocycles. The second kappa shape index (κ2) is 8.47. The number of benzene rings is 2. The standard InChI is InChI=1S/C20H27NO2/c1-15(2)14-22-19-10-7-9-18(12-19)21-13-17-8-5-6-11-20(17)23-16(3)4/h5-12,15-16,21H,13-14H2,1-4H3. The molecule has 2 aromatic carbocycles. The van der Waals surface area contributed by atoms with Crippen LogP contribution in [0.1, 0.15) is 33.3 Å². The van der Waals surface area contributed by atoms with Gasteiger partial charge in [-0.1, -0.05) is 38.1 Å². The fourth-order valence-electron chi connectivity index (χ4n) is 2.17. The van der Waals surface area contributed by atoms with Crippen LogP contribution in [0.15, 0.2) is 48.5 Å². The first-order chi connectivity index (χ1) is 11.0. The third-order valence-electron chi connectivity index (χ3n) is 3.24. The molecule has 0 saturated heterocycles. The Bertz CT molecular complexity index is 608. The number of anilines is 1. The fourth-order valence-corrected chi connectivity index (χ4v) is 2.17. The van der Waals surface area contributed by atoms with Crippen molar-refractivity contribution in [1.82, 2.24) is 0 Å². The van der Waals surface area contributed by atoms with Crippen molar-refractivity contribution < 1.29 is 9.47 Å². The van der Waals surface area contributed by atoms with Crippen molar-refractivity contribution >= 4 is 5.69 Å². The Morgan fingerprint density at radius 1 is 0.957 bits per heavy atom. The predicted octanol–water partition coefficient (Wildman–Crippen LogP) is 5.12. The van der Waals surface area contributed by atoms with Gasteiger partial charge in [0.1, 0.15) is 11.5 Å². The molecular formula is C20H27NO2. The number of hydrogen-bond acceptors (Lipinski definition) is 3. The van der Waals surface area contributed by atoms with Crippen LogP contribution < -0.4 is 14.8 Å². The summed E-state index contributed by atoms with van der Waals surface area (Å²) >= 11 is 0. The van der Waals surface area contributed by atoms with Crippen LogP contribution in [0.4, 0.5) is 5.69 Å². The quantitative estimate of drug-likeness (QED) is 0.733. The highest BCUT2D eigenvalue weighted by Gasteiger charge is 2.05. The highest BCUT2D eigenvalue weighted by molar-refractivity contribution is 5.49. The van der Waals surface area contributed by atoms with Crippen LogP contribution in [-0.4, -0.2) is 12.7 Å². The Labute approximate surface area is 139 Å². The number of ether oxygens (including phenoxy) is 2. The second-order valence-electron chi connectivity index (χ2n) is 6.36. The normalized spacial score (nSPS) is 10.9. The summed E-state index contributed by atoms with van der Waals surface area (Å²) in [5.74, 6) is 2.35. The van der Waals surface area contributed by atoms with Crippen molar-refractivity contribution in [3.8, 4) is 11.5 Å². The first-order valence-corrected chi connectivity index (χ1v) is 8.26. The molecular weight excluding hydrogens is 286 g/mol. The van der Waals surface area contributed by atoms with E-state index in [0.29, 0.717) is 5.92 Å². The van der Waals surface area contributed by atoms with Crippen LogP contribution in [0.25, 0.3) is 0 Å². The fraction of sp³-hybridized carbons (Fsp3) is 0.400. The monoisotopic (exact) mass is 313 g/mol. The highest BCUT2D eigenvalue weighted by Crippen LogP contribution is 2.22. The summed E-state index contributed by atoms with van der Waals surface area (Å²) in [6, 6.07) is 16.2. The number of rotatable bonds is 8. The molecule has 0 amide bonds. The first kappa shape index (κ1) is 17.2. The third-order valence-corrected chi connectivity index (χ3v) is 3.24. The van der Waals surface area contributed by atoms with E-state index < -0.39 is 0 Å². The average molecular weight is 313 g/mol. The SMILES string of the molecule is CC(C)COc1cccc(NCc2ccccc2OC(C)C)c1. The van der Waals surface area contributed by atoms with E-state index in [0.717, 1.165) is 35.9 Å². The molecule has 2 rings (SSSR count). The maximum absolute atomic E-state index is 5.86. The van der Waals surface area contributed by atoms with Crippen molar-refractivity contribution in [2.45, 2.75) is 40.3 Å². The summed E-state index contributed by atoms with van der Waals surface area (Å²) in [7, 11) is 0. The summed E-state index contributed by atoms with van der Waals surface area (Å²) in [4.78, 5) is 0. The molecule has 0 aliphatic rings. The van der Waals surface area contributed by atoms with E-state index >= 15 is 0 Å². The molecule has 124 valence electrons. The van der Waals surface area contributed by atoms with Crippen LogP contribution in [0, 0.1) is 5.92 Å². The van der Waals surface area contributed by atoms with Gasteiger partial charge >= 0.3 is 0 Å². The van der Waals surface area contributed by atoms with E-state index in [1.165, 1.54) is 0 Å². The molecule has 3 heteroatoms. The molecule has 0 heterocycles. The van der Waals surface area contributed by atoms with Gasteiger partial charge in [-0.2, -0.15) is 0 Å². The zero-order chi connectivity index (χ0) is 16.7. The van der Waals surface area contributed by atoms with Crippen molar-refractivity contribution in [1.29, 1.82) is 0 Å². The molecule has 0 aromatic heterocycles. The van der Waals surface area contributed by atoms with Crippen molar-refractivity contribution in [3.05, 3.63) is 54.1 Å². The summed E-state index contributed by atoms with van der Waals surface area (Å²) in [6.07, 6.45) is 0.170. The smallest absolute Gasteiger partial charge is 0.124 e. The second-order valence-corrected chi connectivity index (χ2v) is 6.36. The van der Waals surface area contributed by atoms with Gasteiger partial charge in [0.2, 0.25) is 0 Å². The van der Waals surface area contributed by atoms with Crippen molar-refractivity contribution in [2.75, 3.05) is 11.9 Å². The van der Waals surface area contributed by atoms with Crippen LogP contribution in [0.2, 0.25) is 0 Å². The lowest BCUT2D eigenvalue weighted by atomic mass is 10.2. The molecule has 1 N–H and O–H groups in total. The van der Waals surface area contributed by atoms with Crippen molar-refractivity contribution in [3.63, 3.8) is 0 Å². The molecule has 0 bridgehead atoms. The van der Waals surface area contributed by atoms with E-state index in [9.17, 15) is 0 Å². The molecule has 0 aliphatic heterocycles. The van der Waals surface area contributed by atoms with E-state index in [1.54, 1.807) is 0 Å². The maximum Gasteiger partial charge on any atom is 0.124 e. The first-order valence-electron chi connectivity index (χ1n) is 8.26. The Morgan fingerprint density at radius 3 is 2.48 bits per heavy atom. The van der Waals surface area contributed by atoms with Crippen LogP contribution >= 0.6 is 0 Å². The molecule has 2 aromatic rings. The molecule has 3 nitrogen and oxygen atoms in total. The van der Waals surface area contributed by atoms with Gasteiger partial charge < -0.3 is 14.8 Å². The molecule has 0 atom stereocenters. The molecule has 0 radical (unpaired) electrons. The molecule has 0 aliphatic carbocycles. The maximum atomic E-state index is 5.86. The summed E-state index contributed by atoms with van der Waals surface area (Å²) in [6.45, 7) is 9.83. The highest BCUT2D eigenvalue weighted by atomic mass is 16.5. The van der Waals surface area contributed by atoms with Crippen LogP contribution in [-0.2, 0) is 6.54 Å². The van der Waals surface area contributed by atoms with Gasteiger partial charge in [0, 0.05) is 23.9 Å². The lowest BCUT2D eigenvalue weighted by Gasteiger charge is -2.15. The van der Waals surface area contributed by atoms with E-state index in [2.05, 4.69) is 25.2 Å². The Balaban J connectivity index is 1.99. The van der Waals surface area contributed by atoms with Gasteiger partial charge in [0.05, 0.1) is 12.7 Å². The molecule has 0 fully saturated rings. The van der Waals surface area contributed by atoms with Crippen molar-refractivity contribution in [2.24, 2.45) is 5.92 Å². The Hall–Kier alpha value is -2.16. The zero-order valence-electron chi connectivity index (χ0n) is 14.5. The average Bonchev–Trinajstić information content (AvgIpc) is 2.52. The number of hydrogen-bond donors (Lipinski definition) is 1. The number of para-hydroxylation sites is 1. The topological polar surface area (TPSA) is 30.5 Å². The largest absolute Gasteiger partial charge is 0.493 e. The molecule has 23 heavy (non-hydrogen) atoms. The van der Waals surface area contributed by atoms with Gasteiger partial charge in [-0.3, -0.25) is 0 Å². The third kappa shape index (κ3) is 5.85. The number of nitrogens with one attached hydrogen (secondary N) is 1. The summed E-state index contributed by atoms with van der Waals surface area (Å²) in [5, 5.41) is 3.44.